The molecule has 0 atom stereocenters. The molecular weight excluding hydrogens is 268 g/mol. The third-order valence-corrected chi connectivity index (χ3v) is 3.10. The highest BCUT2D eigenvalue weighted by molar-refractivity contribution is 6.05. The van der Waals surface area contributed by atoms with Gasteiger partial charge < -0.3 is 5.21 Å². The second-order valence-electron chi connectivity index (χ2n) is 4.30. The molecule has 2 aromatic carbocycles. The van der Waals surface area contributed by atoms with Crippen molar-refractivity contribution >= 4 is 21.5 Å². The second kappa shape index (κ2) is 4.12. The maximum Gasteiger partial charge on any atom is 0.294 e. The Morgan fingerprint density at radius 3 is 1.55 bits per heavy atom. The van der Waals surface area contributed by atoms with Crippen LogP contribution in [0, 0.1) is 11.6 Å². The van der Waals surface area contributed by atoms with Gasteiger partial charge in [0.1, 0.15) is 11.6 Å². The van der Waals surface area contributed by atoms with Crippen LogP contribution in [0.1, 0.15) is 0 Å². The van der Waals surface area contributed by atoms with Crippen LogP contribution >= 0.6 is 0 Å². The molecule has 0 radical (unpaired) electrons. The number of nitrogens with zero attached hydrogens (tertiary/aromatic N) is 1. The molecule has 0 saturated carbocycles. The van der Waals surface area contributed by atoms with Gasteiger partial charge in [-0.3, -0.25) is 9.59 Å². The molecule has 0 bridgehead atoms. The van der Waals surface area contributed by atoms with Crippen molar-refractivity contribution in [1.82, 2.24) is 4.73 Å². The molecule has 1 aromatic heterocycles. The van der Waals surface area contributed by atoms with Crippen molar-refractivity contribution in [3.63, 3.8) is 0 Å². The molecule has 6 heteroatoms. The van der Waals surface area contributed by atoms with Crippen LogP contribution in [-0.2, 0) is 0 Å². The molecule has 0 spiro atoms. The Morgan fingerprint density at radius 1 is 0.750 bits per heavy atom. The zero-order chi connectivity index (χ0) is 14.4. The number of halogens is 2. The molecular formula is C14H7F2NO3. The van der Waals surface area contributed by atoms with Crippen LogP contribution < -0.4 is 11.1 Å². The Morgan fingerprint density at radius 2 is 1.15 bits per heavy atom. The van der Waals surface area contributed by atoms with Gasteiger partial charge in [-0.15, -0.1) is 4.73 Å². The van der Waals surface area contributed by atoms with E-state index in [0.29, 0.717) is 0 Å². The standard InChI is InChI=1S/C14H7F2NO3/c15-7-1-3-9-11(5-7)12-6-8(16)2-4-10(12)14(19)17(20)13(9)18/h1-6,20H. The molecule has 1 N–H and O–H groups in total. The van der Waals surface area contributed by atoms with Crippen LogP contribution in [-0.4, -0.2) is 9.94 Å². The maximum atomic E-state index is 13.4. The van der Waals surface area contributed by atoms with Gasteiger partial charge in [0.25, 0.3) is 11.1 Å². The number of rotatable bonds is 0. The smallest absolute Gasteiger partial charge is 0.294 e. The molecule has 3 rings (SSSR count). The molecule has 100 valence electrons. The number of hydrogen-bond donors (Lipinski definition) is 1. The first-order valence-electron chi connectivity index (χ1n) is 5.66. The van der Waals surface area contributed by atoms with E-state index in [9.17, 15) is 23.6 Å². The minimum Gasteiger partial charge on any atom is -0.422 e. The van der Waals surface area contributed by atoms with Crippen LogP contribution in [0.2, 0.25) is 0 Å². The fourth-order valence-electron chi connectivity index (χ4n) is 2.17. The summed E-state index contributed by atoms with van der Waals surface area (Å²) in [7, 11) is 0. The van der Waals surface area contributed by atoms with Gasteiger partial charge in [0.2, 0.25) is 0 Å². The highest BCUT2D eigenvalue weighted by Gasteiger charge is 2.11. The summed E-state index contributed by atoms with van der Waals surface area (Å²) >= 11 is 0. The van der Waals surface area contributed by atoms with Crippen LogP contribution in [0.25, 0.3) is 21.5 Å². The van der Waals surface area contributed by atoms with E-state index in [2.05, 4.69) is 0 Å². The van der Waals surface area contributed by atoms with E-state index in [-0.39, 0.29) is 26.3 Å². The zero-order valence-corrected chi connectivity index (χ0v) is 9.93. The summed E-state index contributed by atoms with van der Waals surface area (Å²) in [6.45, 7) is 0. The molecule has 0 saturated heterocycles. The van der Waals surface area contributed by atoms with Gasteiger partial charge in [-0.2, -0.15) is 0 Å². The predicted molar refractivity (Wildman–Crippen MR) is 69.1 cm³/mol. The number of hydrogen-bond acceptors (Lipinski definition) is 3. The van der Waals surface area contributed by atoms with Gasteiger partial charge in [0.05, 0.1) is 10.8 Å². The van der Waals surface area contributed by atoms with Gasteiger partial charge in [-0.05, 0) is 47.2 Å². The molecule has 20 heavy (non-hydrogen) atoms. The molecule has 0 aliphatic rings. The first-order valence-corrected chi connectivity index (χ1v) is 5.66. The fourth-order valence-corrected chi connectivity index (χ4v) is 2.17. The normalized spacial score (nSPS) is 11.1. The summed E-state index contributed by atoms with van der Waals surface area (Å²) < 4.78 is 26.7. The van der Waals surface area contributed by atoms with Gasteiger partial charge in [-0.25, -0.2) is 8.78 Å². The Labute approximate surface area is 110 Å². The second-order valence-corrected chi connectivity index (χ2v) is 4.30. The van der Waals surface area contributed by atoms with E-state index >= 15 is 0 Å². The molecule has 0 unspecified atom stereocenters. The lowest BCUT2D eigenvalue weighted by molar-refractivity contribution is 0.169. The lowest BCUT2D eigenvalue weighted by atomic mass is 10.1. The lowest BCUT2D eigenvalue weighted by Gasteiger charge is -1.97. The van der Waals surface area contributed by atoms with Crippen molar-refractivity contribution < 1.29 is 14.0 Å². The summed E-state index contributed by atoms with van der Waals surface area (Å²) in [6, 6.07) is 6.39. The fraction of sp³-hybridized carbons (Fsp3) is 0. The van der Waals surface area contributed by atoms with Crippen LogP contribution in [0.5, 0.6) is 0 Å². The highest BCUT2D eigenvalue weighted by atomic mass is 19.1. The average Bonchev–Trinajstić information content (AvgIpc) is 2.50. The van der Waals surface area contributed by atoms with Gasteiger partial charge in [-0.1, -0.05) is 0 Å². The molecule has 0 amide bonds. The Hall–Kier alpha value is -2.76. The molecule has 0 aliphatic heterocycles. The van der Waals surface area contributed by atoms with E-state index in [1.807, 2.05) is 0 Å². The molecule has 3 aromatic rings. The summed E-state index contributed by atoms with van der Waals surface area (Å²) in [5.41, 5.74) is -1.97. The van der Waals surface area contributed by atoms with Crippen LogP contribution in [0.4, 0.5) is 8.78 Å². The Kier molecular flexibility index (Phi) is 2.53. The summed E-state index contributed by atoms with van der Waals surface area (Å²) in [4.78, 5) is 23.9. The van der Waals surface area contributed by atoms with Crippen molar-refractivity contribution in [2.75, 3.05) is 0 Å². The maximum absolute atomic E-state index is 13.4. The average molecular weight is 275 g/mol. The third-order valence-electron chi connectivity index (χ3n) is 3.10. The van der Waals surface area contributed by atoms with Gasteiger partial charge in [0.15, 0.2) is 0 Å². The number of aromatic nitrogens is 1. The summed E-state index contributed by atoms with van der Waals surface area (Å²) in [6.07, 6.45) is 0. The molecule has 0 aliphatic carbocycles. The molecule has 4 nitrogen and oxygen atoms in total. The third kappa shape index (κ3) is 1.65. The van der Waals surface area contributed by atoms with Gasteiger partial charge >= 0.3 is 0 Å². The van der Waals surface area contributed by atoms with Crippen molar-refractivity contribution in [2.45, 2.75) is 0 Å². The monoisotopic (exact) mass is 275 g/mol. The van der Waals surface area contributed by atoms with Gasteiger partial charge in [0, 0.05) is 0 Å². The Balaban J connectivity index is 2.82. The summed E-state index contributed by atoms with van der Waals surface area (Å²) in [5.74, 6) is -1.27. The van der Waals surface area contributed by atoms with Crippen LogP contribution in [0.3, 0.4) is 0 Å². The van der Waals surface area contributed by atoms with Crippen molar-refractivity contribution in [2.24, 2.45) is 0 Å². The van der Waals surface area contributed by atoms with E-state index in [4.69, 9.17) is 0 Å². The zero-order valence-electron chi connectivity index (χ0n) is 9.93. The summed E-state index contributed by atoms with van der Waals surface area (Å²) in [5, 5.41) is 9.58. The van der Waals surface area contributed by atoms with E-state index in [0.717, 1.165) is 36.4 Å². The quantitative estimate of drug-likeness (QED) is 0.639. The Bertz CT molecular complexity index is 901. The van der Waals surface area contributed by atoms with E-state index < -0.39 is 22.8 Å². The van der Waals surface area contributed by atoms with Crippen molar-refractivity contribution in [3.8, 4) is 0 Å². The lowest BCUT2D eigenvalue weighted by Crippen LogP contribution is -2.27. The SMILES string of the molecule is O=c1c2ccc(F)cc2c2cc(F)ccc2c(=O)n1O. The minimum absolute atomic E-state index is 0.0551. The van der Waals surface area contributed by atoms with Crippen LogP contribution in [0.15, 0.2) is 46.0 Å². The molecule has 0 fully saturated rings. The van der Waals surface area contributed by atoms with Crippen molar-refractivity contribution in [3.05, 3.63) is 68.7 Å². The number of benzene rings is 2. The largest absolute Gasteiger partial charge is 0.422 e. The van der Waals surface area contributed by atoms with E-state index in [1.54, 1.807) is 0 Å². The highest BCUT2D eigenvalue weighted by Crippen LogP contribution is 2.21. The first-order chi connectivity index (χ1) is 9.49. The number of fused-ring (bicyclic) bond motifs is 3. The predicted octanol–water partition coefficient (Wildman–Crippen LogP) is 2.03. The minimum atomic E-state index is -0.985. The topological polar surface area (TPSA) is 59.3 Å². The molecule has 1 heterocycles. The van der Waals surface area contributed by atoms with Crippen molar-refractivity contribution in [1.29, 1.82) is 0 Å². The first kappa shape index (κ1) is 12.3. The van der Waals surface area contributed by atoms with E-state index in [1.165, 1.54) is 0 Å².